The molecule has 1 fully saturated rings. The van der Waals surface area contributed by atoms with Crippen LogP contribution in [0.2, 0.25) is 0 Å². The van der Waals surface area contributed by atoms with E-state index in [0.717, 1.165) is 38.8 Å². The molecule has 1 heterocycles. The molecule has 1 aliphatic rings. The zero-order valence-electron chi connectivity index (χ0n) is 12.3. The number of nitrogens with zero attached hydrogens (tertiary/aromatic N) is 1. The summed E-state index contributed by atoms with van der Waals surface area (Å²) in [6.45, 7) is 2.98. The van der Waals surface area contributed by atoms with E-state index in [1.807, 2.05) is 4.90 Å². The quantitative estimate of drug-likeness (QED) is 0.929. The summed E-state index contributed by atoms with van der Waals surface area (Å²) in [6.07, 6.45) is 3.53. The molecule has 0 spiro atoms. The second-order valence-electron chi connectivity index (χ2n) is 5.44. The number of hydrogen-bond donors (Lipinski definition) is 1. The number of carbonyl (C=O) groups excluding carboxylic acids is 1. The van der Waals surface area contributed by atoms with E-state index in [1.54, 1.807) is 6.07 Å². The summed E-state index contributed by atoms with van der Waals surface area (Å²) in [6, 6.07) is 4.25. The lowest BCUT2D eigenvalue weighted by molar-refractivity contribution is -0.133. The Morgan fingerprint density at radius 2 is 2.00 bits per heavy atom. The van der Waals surface area contributed by atoms with Gasteiger partial charge in [0.15, 0.2) is 6.61 Å². The normalized spacial score (nSPS) is 17.2. The summed E-state index contributed by atoms with van der Waals surface area (Å²) in [5.74, 6) is -0.276. The van der Waals surface area contributed by atoms with Crippen LogP contribution in [0.1, 0.15) is 44.3 Å². The molecule has 1 saturated heterocycles. The molecule has 0 unspecified atom stereocenters. The molecular weight excluding hydrogens is 273 g/mol. The molecule has 0 aliphatic carbocycles. The number of rotatable bonds is 4. The zero-order chi connectivity index (χ0) is 15.2. The van der Waals surface area contributed by atoms with E-state index >= 15 is 0 Å². The number of aliphatic hydroxyl groups excluding tert-OH is 1. The van der Waals surface area contributed by atoms with Crippen molar-refractivity contribution in [1.29, 1.82) is 0 Å². The molecule has 5 heteroatoms. The summed E-state index contributed by atoms with van der Waals surface area (Å²) in [5, 5.41) is 9.37. The average Bonchev–Trinajstić information content (AvgIpc) is 2.73. The Kier molecular flexibility index (Phi) is 5.56. The molecule has 1 amide bonds. The molecule has 1 aliphatic heterocycles. The van der Waals surface area contributed by atoms with Crippen LogP contribution < -0.4 is 4.74 Å². The van der Waals surface area contributed by atoms with Crippen LogP contribution in [0.25, 0.3) is 0 Å². The molecule has 0 aromatic heterocycles. The maximum Gasteiger partial charge on any atom is 0.260 e. The van der Waals surface area contributed by atoms with Crippen molar-refractivity contribution in [2.45, 2.75) is 38.7 Å². The molecule has 4 nitrogen and oxygen atoms in total. The van der Waals surface area contributed by atoms with Crippen LogP contribution in [0, 0.1) is 5.82 Å². The molecule has 0 saturated carbocycles. The third-order valence-corrected chi connectivity index (χ3v) is 3.74. The van der Waals surface area contributed by atoms with Crippen molar-refractivity contribution >= 4 is 5.91 Å². The van der Waals surface area contributed by atoms with Crippen LogP contribution in [0.4, 0.5) is 4.39 Å². The SMILES string of the molecule is C[C@@H](O)c1ccc(OCC(=O)N2CCCCCC2)cc1F. The molecule has 116 valence electrons. The van der Waals surface area contributed by atoms with Crippen LogP contribution in [-0.4, -0.2) is 35.6 Å². The first kappa shape index (κ1) is 15.8. The monoisotopic (exact) mass is 295 g/mol. The highest BCUT2D eigenvalue weighted by atomic mass is 19.1. The van der Waals surface area contributed by atoms with Gasteiger partial charge in [0.05, 0.1) is 6.10 Å². The van der Waals surface area contributed by atoms with E-state index in [-0.39, 0.29) is 18.1 Å². The standard InChI is InChI=1S/C16H22FNO3/c1-12(19)14-7-6-13(10-15(14)17)21-11-16(20)18-8-4-2-3-5-9-18/h6-7,10,12,19H,2-5,8-9,11H2,1H3/t12-/m1/s1. The van der Waals surface area contributed by atoms with Crippen LogP contribution in [0.15, 0.2) is 18.2 Å². The van der Waals surface area contributed by atoms with Gasteiger partial charge < -0.3 is 14.7 Å². The van der Waals surface area contributed by atoms with Gasteiger partial charge in [-0.1, -0.05) is 12.8 Å². The molecular formula is C16H22FNO3. The van der Waals surface area contributed by atoms with Crippen molar-refractivity contribution in [3.8, 4) is 5.75 Å². The van der Waals surface area contributed by atoms with Gasteiger partial charge in [0.25, 0.3) is 5.91 Å². The Morgan fingerprint density at radius 1 is 1.33 bits per heavy atom. The van der Waals surface area contributed by atoms with Crippen molar-refractivity contribution < 1.29 is 19.0 Å². The second-order valence-corrected chi connectivity index (χ2v) is 5.44. The average molecular weight is 295 g/mol. The number of carbonyl (C=O) groups is 1. The van der Waals surface area contributed by atoms with Gasteiger partial charge in [-0.2, -0.15) is 0 Å². The predicted octanol–water partition coefficient (Wildman–Crippen LogP) is 2.66. The van der Waals surface area contributed by atoms with Crippen molar-refractivity contribution in [2.75, 3.05) is 19.7 Å². The Bertz CT molecular complexity index is 482. The van der Waals surface area contributed by atoms with Crippen molar-refractivity contribution in [2.24, 2.45) is 0 Å². The number of aliphatic hydroxyl groups is 1. The number of likely N-dealkylation sites (tertiary alicyclic amines) is 1. The van der Waals surface area contributed by atoms with Gasteiger partial charge in [-0.3, -0.25) is 4.79 Å². The lowest BCUT2D eigenvalue weighted by Gasteiger charge is -2.20. The largest absolute Gasteiger partial charge is 0.484 e. The van der Waals surface area contributed by atoms with Gasteiger partial charge >= 0.3 is 0 Å². The van der Waals surface area contributed by atoms with Gasteiger partial charge in [0.2, 0.25) is 0 Å². The summed E-state index contributed by atoms with van der Waals surface area (Å²) in [4.78, 5) is 13.9. The maximum atomic E-state index is 13.7. The fourth-order valence-corrected chi connectivity index (χ4v) is 2.49. The number of benzene rings is 1. The van der Waals surface area contributed by atoms with Crippen molar-refractivity contribution in [3.63, 3.8) is 0 Å². The van der Waals surface area contributed by atoms with Crippen molar-refractivity contribution in [3.05, 3.63) is 29.6 Å². The van der Waals surface area contributed by atoms with Gasteiger partial charge in [0.1, 0.15) is 11.6 Å². The highest BCUT2D eigenvalue weighted by Gasteiger charge is 2.16. The molecule has 21 heavy (non-hydrogen) atoms. The maximum absolute atomic E-state index is 13.7. The van der Waals surface area contributed by atoms with Crippen LogP contribution in [-0.2, 0) is 4.79 Å². The summed E-state index contributed by atoms with van der Waals surface area (Å²) < 4.78 is 19.1. The number of amides is 1. The molecule has 1 N–H and O–H groups in total. The Balaban J connectivity index is 1.90. The number of hydrogen-bond acceptors (Lipinski definition) is 3. The third kappa shape index (κ3) is 4.43. The first-order valence-corrected chi connectivity index (χ1v) is 7.46. The Hall–Kier alpha value is -1.62. The lowest BCUT2D eigenvalue weighted by atomic mass is 10.1. The first-order chi connectivity index (χ1) is 10.1. The summed E-state index contributed by atoms with van der Waals surface area (Å²) in [7, 11) is 0. The van der Waals surface area contributed by atoms with Gasteiger partial charge in [-0.25, -0.2) is 4.39 Å². The van der Waals surface area contributed by atoms with Crippen LogP contribution >= 0.6 is 0 Å². The van der Waals surface area contributed by atoms with Gasteiger partial charge in [0, 0.05) is 24.7 Å². The summed E-state index contributed by atoms with van der Waals surface area (Å²) >= 11 is 0. The third-order valence-electron chi connectivity index (χ3n) is 3.74. The number of halogens is 1. The zero-order valence-corrected chi connectivity index (χ0v) is 12.3. The molecule has 1 aromatic rings. The van der Waals surface area contributed by atoms with E-state index in [9.17, 15) is 14.3 Å². The lowest BCUT2D eigenvalue weighted by Crippen LogP contribution is -2.35. The van der Waals surface area contributed by atoms with Crippen LogP contribution in [0.5, 0.6) is 5.75 Å². The molecule has 1 atom stereocenters. The van der Waals surface area contributed by atoms with E-state index in [2.05, 4.69) is 0 Å². The van der Waals surface area contributed by atoms with Crippen molar-refractivity contribution in [1.82, 2.24) is 4.90 Å². The minimum atomic E-state index is -0.863. The van der Waals surface area contributed by atoms with E-state index < -0.39 is 11.9 Å². The minimum Gasteiger partial charge on any atom is -0.484 e. The predicted molar refractivity (Wildman–Crippen MR) is 77.6 cm³/mol. The van der Waals surface area contributed by atoms with Crippen LogP contribution in [0.3, 0.4) is 0 Å². The highest BCUT2D eigenvalue weighted by molar-refractivity contribution is 5.77. The molecule has 1 aromatic carbocycles. The second kappa shape index (κ2) is 7.41. The fourth-order valence-electron chi connectivity index (χ4n) is 2.49. The highest BCUT2D eigenvalue weighted by Crippen LogP contribution is 2.21. The first-order valence-electron chi connectivity index (χ1n) is 7.46. The molecule has 2 rings (SSSR count). The van der Waals surface area contributed by atoms with Gasteiger partial charge in [-0.05, 0) is 31.9 Å². The Morgan fingerprint density at radius 3 is 2.57 bits per heavy atom. The smallest absolute Gasteiger partial charge is 0.260 e. The molecule has 0 radical (unpaired) electrons. The van der Waals surface area contributed by atoms with Gasteiger partial charge in [-0.15, -0.1) is 0 Å². The number of ether oxygens (including phenoxy) is 1. The minimum absolute atomic E-state index is 0.0584. The topological polar surface area (TPSA) is 49.8 Å². The fraction of sp³-hybridized carbons (Fsp3) is 0.562. The Labute approximate surface area is 124 Å². The summed E-state index contributed by atoms with van der Waals surface area (Å²) in [5.41, 5.74) is 0.223. The van der Waals surface area contributed by atoms with E-state index in [1.165, 1.54) is 19.1 Å². The van der Waals surface area contributed by atoms with E-state index in [0.29, 0.717) is 5.75 Å². The molecule has 0 bridgehead atoms. The van der Waals surface area contributed by atoms with E-state index in [4.69, 9.17) is 4.74 Å².